The maximum absolute atomic E-state index is 9.02. The third-order valence-corrected chi connectivity index (χ3v) is 4.42. The van der Waals surface area contributed by atoms with E-state index < -0.39 is 0 Å². The van der Waals surface area contributed by atoms with E-state index in [-0.39, 0.29) is 0 Å². The van der Waals surface area contributed by atoms with Crippen molar-refractivity contribution in [3.63, 3.8) is 0 Å². The molecule has 0 spiro atoms. The zero-order valence-electron chi connectivity index (χ0n) is 11.3. The first-order valence-corrected chi connectivity index (χ1v) is 7.12. The first-order valence-electron chi connectivity index (χ1n) is 7.12. The Hall–Kier alpha value is -0.340. The number of allylic oxidation sites excluding steroid dienone is 2. The van der Waals surface area contributed by atoms with Crippen LogP contribution in [-0.2, 0) is 0 Å². The summed E-state index contributed by atoms with van der Waals surface area (Å²) in [5.74, 6) is 1.57. The number of rotatable bonds is 6. The van der Waals surface area contributed by atoms with Crippen molar-refractivity contribution in [3.8, 4) is 0 Å². The monoisotopic (exact) mass is 237 g/mol. The van der Waals surface area contributed by atoms with E-state index >= 15 is 0 Å². The van der Waals surface area contributed by atoms with E-state index in [9.17, 15) is 0 Å². The highest BCUT2D eigenvalue weighted by molar-refractivity contribution is 5.06. The molecule has 2 aliphatic carbocycles. The Morgan fingerprint density at radius 2 is 2.24 bits per heavy atom. The molecule has 2 heteroatoms. The summed E-state index contributed by atoms with van der Waals surface area (Å²) in [6.45, 7) is 7.20. The van der Waals surface area contributed by atoms with E-state index in [1.54, 1.807) is 5.57 Å². The third kappa shape index (κ3) is 3.82. The Balaban J connectivity index is 1.67. The molecular weight excluding hydrogens is 210 g/mol. The highest BCUT2D eigenvalue weighted by atomic mass is 16.3. The van der Waals surface area contributed by atoms with E-state index in [0.717, 1.165) is 31.3 Å². The van der Waals surface area contributed by atoms with Crippen LogP contribution in [0.25, 0.3) is 0 Å². The summed E-state index contributed by atoms with van der Waals surface area (Å²) in [7, 11) is 0. The van der Waals surface area contributed by atoms with Crippen molar-refractivity contribution in [2.45, 2.75) is 46.0 Å². The molecule has 2 nitrogen and oxygen atoms in total. The molecule has 0 saturated heterocycles. The van der Waals surface area contributed by atoms with Crippen LogP contribution < -0.4 is 5.32 Å². The fourth-order valence-corrected chi connectivity index (χ4v) is 3.31. The SMILES string of the molecule is CC1=CC(C)CC(CNCC2(CCO)CC2)C1. The topological polar surface area (TPSA) is 32.3 Å². The van der Waals surface area contributed by atoms with Gasteiger partial charge in [-0.05, 0) is 62.8 Å². The van der Waals surface area contributed by atoms with Gasteiger partial charge in [-0.2, -0.15) is 0 Å². The van der Waals surface area contributed by atoms with Crippen molar-refractivity contribution in [2.75, 3.05) is 19.7 Å². The van der Waals surface area contributed by atoms with Crippen LogP contribution >= 0.6 is 0 Å². The van der Waals surface area contributed by atoms with Gasteiger partial charge in [0.2, 0.25) is 0 Å². The van der Waals surface area contributed by atoms with Gasteiger partial charge in [-0.1, -0.05) is 18.6 Å². The molecule has 2 aliphatic rings. The van der Waals surface area contributed by atoms with Gasteiger partial charge in [0.1, 0.15) is 0 Å². The summed E-state index contributed by atoms with van der Waals surface area (Å²) < 4.78 is 0. The van der Waals surface area contributed by atoms with Crippen LogP contribution in [0.4, 0.5) is 0 Å². The van der Waals surface area contributed by atoms with Gasteiger partial charge in [0.15, 0.2) is 0 Å². The van der Waals surface area contributed by atoms with Gasteiger partial charge in [-0.25, -0.2) is 0 Å². The second-order valence-electron chi connectivity index (χ2n) is 6.40. The Morgan fingerprint density at radius 1 is 1.47 bits per heavy atom. The van der Waals surface area contributed by atoms with Crippen molar-refractivity contribution < 1.29 is 5.11 Å². The lowest BCUT2D eigenvalue weighted by Gasteiger charge is -2.26. The maximum Gasteiger partial charge on any atom is 0.0436 e. The van der Waals surface area contributed by atoms with Crippen LogP contribution in [0.15, 0.2) is 11.6 Å². The van der Waals surface area contributed by atoms with Crippen LogP contribution in [-0.4, -0.2) is 24.8 Å². The van der Waals surface area contributed by atoms with Crippen molar-refractivity contribution in [1.29, 1.82) is 0 Å². The highest BCUT2D eigenvalue weighted by Crippen LogP contribution is 2.47. The van der Waals surface area contributed by atoms with Gasteiger partial charge in [-0.3, -0.25) is 0 Å². The first kappa shape index (κ1) is 13.1. The lowest BCUT2D eigenvalue weighted by Crippen LogP contribution is -2.31. The number of aliphatic hydroxyl groups excluding tert-OH is 1. The summed E-state index contributed by atoms with van der Waals surface area (Å²) in [5, 5.41) is 12.7. The first-order chi connectivity index (χ1) is 8.13. The second-order valence-corrected chi connectivity index (χ2v) is 6.40. The molecule has 2 rings (SSSR count). The molecule has 0 aromatic heterocycles. The average molecular weight is 237 g/mol. The van der Waals surface area contributed by atoms with Gasteiger partial charge in [0.25, 0.3) is 0 Å². The van der Waals surface area contributed by atoms with Crippen molar-refractivity contribution in [2.24, 2.45) is 17.3 Å². The van der Waals surface area contributed by atoms with Gasteiger partial charge in [0.05, 0.1) is 0 Å². The summed E-state index contributed by atoms with van der Waals surface area (Å²) in [5.41, 5.74) is 2.02. The summed E-state index contributed by atoms with van der Waals surface area (Å²) in [4.78, 5) is 0. The predicted octanol–water partition coefficient (Wildman–Crippen LogP) is 2.73. The van der Waals surface area contributed by atoms with Crippen LogP contribution in [0, 0.1) is 17.3 Å². The molecule has 2 atom stereocenters. The smallest absolute Gasteiger partial charge is 0.0436 e. The Labute approximate surface area is 105 Å². The average Bonchev–Trinajstić information content (AvgIpc) is 2.97. The molecule has 0 amide bonds. The summed E-state index contributed by atoms with van der Waals surface area (Å²) in [6, 6.07) is 0. The summed E-state index contributed by atoms with van der Waals surface area (Å²) >= 11 is 0. The minimum absolute atomic E-state index is 0.351. The van der Waals surface area contributed by atoms with Crippen LogP contribution in [0.3, 0.4) is 0 Å². The molecule has 1 fully saturated rings. The predicted molar refractivity (Wildman–Crippen MR) is 71.9 cm³/mol. The molecule has 0 radical (unpaired) electrons. The van der Waals surface area contributed by atoms with Gasteiger partial charge >= 0.3 is 0 Å². The van der Waals surface area contributed by atoms with Crippen LogP contribution in [0.5, 0.6) is 0 Å². The molecule has 0 aromatic carbocycles. The summed E-state index contributed by atoms with van der Waals surface area (Å²) in [6.07, 6.45) is 8.62. The van der Waals surface area contributed by atoms with E-state index in [0.29, 0.717) is 12.0 Å². The lowest BCUT2D eigenvalue weighted by molar-refractivity contribution is 0.242. The molecule has 2 unspecified atom stereocenters. The largest absolute Gasteiger partial charge is 0.396 e. The fourth-order valence-electron chi connectivity index (χ4n) is 3.31. The van der Waals surface area contributed by atoms with E-state index in [4.69, 9.17) is 5.11 Å². The molecule has 0 aliphatic heterocycles. The number of aliphatic hydroxyl groups is 1. The van der Waals surface area contributed by atoms with Crippen LogP contribution in [0.1, 0.15) is 46.0 Å². The molecule has 0 aromatic rings. The molecular formula is C15H27NO. The highest BCUT2D eigenvalue weighted by Gasteiger charge is 2.41. The normalized spacial score (nSPS) is 31.1. The molecule has 1 saturated carbocycles. The number of hydrogen-bond acceptors (Lipinski definition) is 2. The zero-order valence-corrected chi connectivity index (χ0v) is 11.3. The maximum atomic E-state index is 9.02. The minimum Gasteiger partial charge on any atom is -0.396 e. The van der Waals surface area contributed by atoms with E-state index in [1.165, 1.54) is 25.7 Å². The fraction of sp³-hybridized carbons (Fsp3) is 0.867. The number of nitrogens with one attached hydrogen (secondary N) is 1. The van der Waals surface area contributed by atoms with Crippen LogP contribution in [0.2, 0.25) is 0 Å². The number of hydrogen-bond donors (Lipinski definition) is 2. The van der Waals surface area contributed by atoms with Gasteiger partial charge < -0.3 is 10.4 Å². The molecule has 98 valence electrons. The molecule has 17 heavy (non-hydrogen) atoms. The minimum atomic E-state index is 0.351. The van der Waals surface area contributed by atoms with Crippen molar-refractivity contribution >= 4 is 0 Å². The molecule has 0 heterocycles. The standard InChI is InChI=1S/C15H27NO/c1-12-7-13(2)9-14(8-12)10-16-11-15(3-4-15)5-6-17/h7,12,14,16-17H,3-6,8-11H2,1-2H3. The third-order valence-electron chi connectivity index (χ3n) is 4.42. The Morgan fingerprint density at radius 3 is 2.82 bits per heavy atom. The van der Waals surface area contributed by atoms with E-state index in [2.05, 4.69) is 25.2 Å². The Bertz CT molecular complexity index is 281. The van der Waals surface area contributed by atoms with Crippen molar-refractivity contribution in [3.05, 3.63) is 11.6 Å². The molecule has 2 N–H and O–H groups in total. The lowest BCUT2D eigenvalue weighted by atomic mass is 9.83. The van der Waals surface area contributed by atoms with Crippen molar-refractivity contribution in [1.82, 2.24) is 5.32 Å². The molecule has 0 bridgehead atoms. The second kappa shape index (κ2) is 5.53. The quantitative estimate of drug-likeness (QED) is 0.696. The Kier molecular flexibility index (Phi) is 4.26. The zero-order chi connectivity index (χ0) is 12.3. The van der Waals surface area contributed by atoms with Gasteiger partial charge in [-0.15, -0.1) is 0 Å². The van der Waals surface area contributed by atoms with Gasteiger partial charge in [0, 0.05) is 13.2 Å². The van der Waals surface area contributed by atoms with E-state index in [1.807, 2.05) is 0 Å².